The third-order valence-electron chi connectivity index (χ3n) is 10.3. The minimum atomic E-state index is -1.29. The Labute approximate surface area is 344 Å². The van der Waals surface area contributed by atoms with Crippen LogP contribution >= 0.6 is 0 Å². The quantitative estimate of drug-likeness (QED) is 0.103. The summed E-state index contributed by atoms with van der Waals surface area (Å²) in [4.78, 5) is 60.3. The van der Waals surface area contributed by atoms with Gasteiger partial charge in [-0.15, -0.1) is 0 Å². The van der Waals surface area contributed by atoms with E-state index in [0.717, 1.165) is 22.3 Å². The van der Waals surface area contributed by atoms with E-state index < -0.39 is 35.7 Å². The van der Waals surface area contributed by atoms with E-state index in [-0.39, 0.29) is 33.0 Å². The molecule has 0 spiro atoms. The lowest BCUT2D eigenvalue weighted by molar-refractivity contribution is 0.0261. The Kier molecular flexibility index (Phi) is 12.5. The Bertz CT molecular complexity index is 2100. The molecule has 0 N–H and O–H groups in total. The summed E-state index contributed by atoms with van der Waals surface area (Å²) in [6.07, 6.45) is -2.58. The molecule has 2 atom stereocenters. The fourth-order valence-electron chi connectivity index (χ4n) is 6.43. The number of benzene rings is 4. The summed E-state index contributed by atoms with van der Waals surface area (Å²) in [6.45, 7) is 25.1. The summed E-state index contributed by atoms with van der Waals surface area (Å²) in [5.41, 5.74) is 5.10. The van der Waals surface area contributed by atoms with Crippen LogP contribution in [0.1, 0.15) is 170 Å². The number of hydrogen-bond donors (Lipinski definition) is 0. The summed E-state index contributed by atoms with van der Waals surface area (Å²) in [6, 6.07) is 33.8. The highest BCUT2D eigenvalue weighted by Crippen LogP contribution is 2.32. The van der Waals surface area contributed by atoms with Gasteiger partial charge >= 0.3 is 11.9 Å². The number of ether oxygens (including phenoxy) is 2. The van der Waals surface area contributed by atoms with Crippen LogP contribution < -0.4 is 0 Å². The maximum Gasteiger partial charge on any atom is 0.358 e. The first-order valence-corrected chi connectivity index (χ1v) is 19.8. The van der Waals surface area contributed by atoms with Crippen LogP contribution in [0, 0.1) is 0 Å². The molecule has 0 aliphatic carbocycles. The van der Waals surface area contributed by atoms with Gasteiger partial charge in [-0.3, -0.25) is 9.59 Å². The van der Waals surface area contributed by atoms with E-state index in [2.05, 4.69) is 88.1 Å². The van der Waals surface area contributed by atoms with Gasteiger partial charge in [0.1, 0.15) is 11.4 Å². The van der Waals surface area contributed by atoms with Crippen LogP contribution in [-0.2, 0) is 31.1 Å². The molecule has 2 unspecified atom stereocenters. The molecule has 4 aromatic carbocycles. The maximum absolute atomic E-state index is 14.1. The van der Waals surface area contributed by atoms with Gasteiger partial charge in [0.25, 0.3) is 0 Å². The minimum absolute atomic E-state index is 0.115. The molecule has 0 aliphatic heterocycles. The van der Waals surface area contributed by atoms with Crippen LogP contribution in [-0.4, -0.2) is 28.5 Å². The van der Waals surface area contributed by atoms with E-state index in [1.807, 2.05) is 48.5 Å². The van der Waals surface area contributed by atoms with E-state index >= 15 is 0 Å². The molecule has 7 heteroatoms. The van der Waals surface area contributed by atoms with Gasteiger partial charge in [-0.05, 0) is 56.0 Å². The SMILES string of the molecule is CC(C)(C)c1ccc(C(=O)C(OC(=O)c2cccc(C(=O)OC(C(=O)c3ccc(C(C)(C)C)cc3)c3ccc(C(C)(C)C)cc3)n2)c2ccc(C(C)(C)C)cc2)cc1. The molecule has 0 fully saturated rings. The molecular formula is C51H57NO6. The van der Waals surface area contributed by atoms with Gasteiger partial charge in [-0.25, -0.2) is 14.6 Å². The van der Waals surface area contributed by atoms with Crippen LogP contribution in [0.25, 0.3) is 0 Å². The fraction of sp³-hybridized carbons (Fsp3) is 0.353. The highest BCUT2D eigenvalue weighted by Gasteiger charge is 2.31. The Hall–Kier alpha value is -5.69. The van der Waals surface area contributed by atoms with E-state index in [1.165, 1.54) is 18.2 Å². The standard InChI is InChI=1S/C51H57NO6/c1-48(2,3)36-24-16-32(17-25-36)42(53)44(34-20-28-38(29-21-34)50(7,8)9)57-46(55)40-14-13-15-41(52-40)47(56)58-45(35-22-30-39(31-23-35)51(10,11)12)43(54)33-18-26-37(27-19-33)49(4,5)6/h13-31,44-45H,1-12H3. The van der Waals surface area contributed by atoms with Crippen molar-refractivity contribution in [2.24, 2.45) is 0 Å². The molecule has 0 radical (unpaired) electrons. The number of aromatic nitrogens is 1. The Morgan fingerprint density at radius 1 is 0.397 bits per heavy atom. The molecule has 302 valence electrons. The second-order valence-corrected chi connectivity index (χ2v) is 19.1. The number of pyridine rings is 1. The number of carbonyl (C=O) groups excluding carboxylic acids is 4. The fourth-order valence-corrected chi connectivity index (χ4v) is 6.43. The molecule has 7 nitrogen and oxygen atoms in total. The molecule has 5 aromatic rings. The van der Waals surface area contributed by atoms with Crippen LogP contribution in [0.3, 0.4) is 0 Å². The lowest BCUT2D eigenvalue weighted by Gasteiger charge is -2.22. The average Bonchev–Trinajstić information content (AvgIpc) is 3.17. The van der Waals surface area contributed by atoms with E-state index in [0.29, 0.717) is 22.3 Å². The zero-order valence-corrected chi connectivity index (χ0v) is 36.0. The van der Waals surface area contributed by atoms with Gasteiger partial charge in [-0.1, -0.05) is 186 Å². The van der Waals surface area contributed by atoms with Crippen molar-refractivity contribution in [2.45, 2.75) is 117 Å². The number of ketones is 2. The van der Waals surface area contributed by atoms with Crippen molar-refractivity contribution >= 4 is 23.5 Å². The Morgan fingerprint density at radius 2 is 0.655 bits per heavy atom. The summed E-state index contributed by atoms with van der Waals surface area (Å²) in [5.74, 6) is -2.60. The molecule has 0 saturated heterocycles. The molecule has 58 heavy (non-hydrogen) atoms. The number of nitrogens with zero attached hydrogens (tertiary/aromatic N) is 1. The van der Waals surface area contributed by atoms with Crippen molar-refractivity contribution in [3.05, 3.63) is 171 Å². The molecule has 1 heterocycles. The lowest BCUT2D eigenvalue weighted by Crippen LogP contribution is -2.23. The van der Waals surface area contributed by atoms with Gasteiger partial charge in [0.15, 0.2) is 12.2 Å². The average molecular weight is 780 g/mol. The van der Waals surface area contributed by atoms with Gasteiger partial charge < -0.3 is 9.47 Å². The largest absolute Gasteiger partial charge is 0.444 e. The second-order valence-electron chi connectivity index (χ2n) is 19.1. The number of hydrogen-bond acceptors (Lipinski definition) is 7. The monoisotopic (exact) mass is 779 g/mol. The van der Waals surface area contributed by atoms with Crippen molar-refractivity contribution < 1.29 is 28.7 Å². The third-order valence-corrected chi connectivity index (χ3v) is 10.3. The molecule has 5 rings (SSSR count). The van der Waals surface area contributed by atoms with E-state index in [1.54, 1.807) is 48.5 Å². The van der Waals surface area contributed by atoms with Crippen molar-refractivity contribution in [3.63, 3.8) is 0 Å². The predicted molar refractivity (Wildman–Crippen MR) is 230 cm³/mol. The normalized spacial score (nSPS) is 13.3. The van der Waals surface area contributed by atoms with Crippen molar-refractivity contribution in [1.82, 2.24) is 4.98 Å². The number of esters is 2. The molecule has 0 aliphatic rings. The van der Waals surface area contributed by atoms with Crippen LogP contribution in [0.2, 0.25) is 0 Å². The second kappa shape index (κ2) is 16.7. The zero-order valence-electron chi connectivity index (χ0n) is 36.0. The van der Waals surface area contributed by atoms with E-state index in [9.17, 15) is 19.2 Å². The van der Waals surface area contributed by atoms with Gasteiger partial charge in [0.05, 0.1) is 0 Å². The number of carbonyl (C=O) groups is 4. The highest BCUT2D eigenvalue weighted by molar-refractivity contribution is 6.03. The van der Waals surface area contributed by atoms with E-state index in [4.69, 9.17) is 9.47 Å². The first-order valence-electron chi connectivity index (χ1n) is 19.8. The number of rotatable bonds is 10. The summed E-state index contributed by atoms with van der Waals surface area (Å²) >= 11 is 0. The molecule has 1 aromatic heterocycles. The number of Topliss-reactive ketones (excluding diaryl/α,β-unsaturated/α-hetero) is 2. The van der Waals surface area contributed by atoms with Gasteiger partial charge in [0.2, 0.25) is 11.6 Å². The third kappa shape index (κ3) is 10.4. The van der Waals surface area contributed by atoms with Gasteiger partial charge in [0, 0.05) is 22.3 Å². The van der Waals surface area contributed by atoms with Crippen LogP contribution in [0.15, 0.2) is 115 Å². The minimum Gasteiger partial charge on any atom is -0.444 e. The first kappa shape index (κ1) is 43.4. The highest BCUT2D eigenvalue weighted by atomic mass is 16.6. The molecule has 0 amide bonds. The smallest absolute Gasteiger partial charge is 0.358 e. The van der Waals surface area contributed by atoms with Crippen molar-refractivity contribution in [3.8, 4) is 0 Å². The zero-order chi connectivity index (χ0) is 42.8. The van der Waals surface area contributed by atoms with Crippen molar-refractivity contribution in [1.29, 1.82) is 0 Å². The van der Waals surface area contributed by atoms with Crippen LogP contribution in [0.4, 0.5) is 0 Å². The van der Waals surface area contributed by atoms with Crippen molar-refractivity contribution in [2.75, 3.05) is 0 Å². The molecule has 0 saturated carbocycles. The molecular weight excluding hydrogens is 723 g/mol. The maximum atomic E-state index is 14.1. The first-order chi connectivity index (χ1) is 26.9. The van der Waals surface area contributed by atoms with Gasteiger partial charge in [-0.2, -0.15) is 0 Å². The Balaban J connectivity index is 1.45. The van der Waals surface area contributed by atoms with Crippen LogP contribution in [0.5, 0.6) is 0 Å². The molecule has 0 bridgehead atoms. The summed E-state index contributed by atoms with van der Waals surface area (Å²) in [5, 5.41) is 0. The lowest BCUT2D eigenvalue weighted by atomic mass is 9.85. The summed E-state index contributed by atoms with van der Waals surface area (Å²) < 4.78 is 11.9. The summed E-state index contributed by atoms with van der Waals surface area (Å²) in [7, 11) is 0. The predicted octanol–water partition coefficient (Wildman–Crippen LogP) is 11.8. The Morgan fingerprint density at radius 3 is 0.914 bits per heavy atom. The topological polar surface area (TPSA) is 99.6 Å².